The molecule has 0 radical (unpaired) electrons. The number of aliphatic hydroxyl groups is 1. The Morgan fingerprint density at radius 2 is 0.673 bits per heavy atom. The summed E-state index contributed by atoms with van der Waals surface area (Å²) in [5.74, 6) is 8.42. The van der Waals surface area contributed by atoms with Crippen molar-refractivity contribution in [2.45, 2.75) is 89.9 Å². The van der Waals surface area contributed by atoms with Crippen LogP contribution >= 0.6 is 0 Å². The lowest BCUT2D eigenvalue weighted by Gasteiger charge is -2.27. The molecule has 12 nitrogen and oxygen atoms in total. The maximum absolute atomic E-state index is 12.2. The van der Waals surface area contributed by atoms with Gasteiger partial charge in [0.15, 0.2) is 0 Å². The van der Waals surface area contributed by atoms with E-state index in [1.54, 1.807) is 0 Å². The summed E-state index contributed by atoms with van der Waals surface area (Å²) in [6.45, 7) is 6.37. The number of esters is 4. The second kappa shape index (κ2) is 35.4. The highest BCUT2D eigenvalue weighted by atomic mass is 16.5. The molecule has 0 atom stereocenters. The zero-order chi connectivity index (χ0) is 38.5. The van der Waals surface area contributed by atoms with Crippen LogP contribution in [0, 0.1) is 49.4 Å². The third-order valence-electron chi connectivity index (χ3n) is 7.85. The largest absolute Gasteiger partial charge is 0.465 e. The highest BCUT2D eigenvalue weighted by Crippen LogP contribution is 2.08. The Morgan fingerprint density at radius 3 is 0.962 bits per heavy atom. The molecule has 0 saturated carbocycles. The van der Waals surface area contributed by atoms with Crippen molar-refractivity contribution in [1.29, 1.82) is 0 Å². The van der Waals surface area contributed by atoms with Gasteiger partial charge < -0.3 is 38.8 Å². The second-order valence-corrected chi connectivity index (χ2v) is 12.1. The van der Waals surface area contributed by atoms with Crippen LogP contribution in [0.25, 0.3) is 0 Å². The minimum absolute atomic E-state index is 0.175. The van der Waals surface area contributed by atoms with Crippen molar-refractivity contribution in [2.75, 3.05) is 91.9 Å². The SMILES string of the molecule is C#CCCOC(=O)CCN(CCCN(CCCCCCO)CCCN(CCC(=O)OCCC#C)CCC(=O)OCCC#C)CCC(=O)OCCC#C. The molecule has 0 spiro atoms. The van der Waals surface area contributed by atoms with Gasteiger partial charge >= 0.3 is 23.9 Å². The first-order valence-corrected chi connectivity index (χ1v) is 18.4. The van der Waals surface area contributed by atoms with Crippen LogP contribution in [0.5, 0.6) is 0 Å². The van der Waals surface area contributed by atoms with E-state index in [0.717, 1.165) is 58.2 Å². The second-order valence-electron chi connectivity index (χ2n) is 12.1. The van der Waals surface area contributed by atoms with E-state index in [1.165, 1.54) is 0 Å². The van der Waals surface area contributed by atoms with Crippen molar-refractivity contribution in [1.82, 2.24) is 14.7 Å². The van der Waals surface area contributed by atoms with Gasteiger partial charge in [0.25, 0.3) is 0 Å². The average molecular weight is 728 g/mol. The topological polar surface area (TPSA) is 135 Å². The predicted octanol–water partition coefficient (Wildman–Crippen LogP) is 3.05. The van der Waals surface area contributed by atoms with Gasteiger partial charge in [0.2, 0.25) is 0 Å². The maximum atomic E-state index is 12.2. The van der Waals surface area contributed by atoms with Crippen LogP contribution in [0.15, 0.2) is 0 Å². The van der Waals surface area contributed by atoms with Crippen molar-refractivity contribution in [3.05, 3.63) is 0 Å². The van der Waals surface area contributed by atoms with Crippen LogP contribution < -0.4 is 0 Å². The fourth-order valence-corrected chi connectivity index (χ4v) is 5.02. The quantitative estimate of drug-likeness (QED) is 0.0452. The van der Waals surface area contributed by atoms with Gasteiger partial charge in [-0.25, -0.2) is 0 Å². The molecule has 12 heteroatoms. The summed E-state index contributed by atoms with van der Waals surface area (Å²) >= 11 is 0. The summed E-state index contributed by atoms with van der Waals surface area (Å²) in [5.41, 5.74) is 0. The van der Waals surface area contributed by atoms with Crippen molar-refractivity contribution < 1.29 is 43.2 Å². The Morgan fingerprint density at radius 1 is 0.404 bits per heavy atom. The van der Waals surface area contributed by atoms with Gasteiger partial charge in [-0.3, -0.25) is 19.2 Å². The van der Waals surface area contributed by atoms with Gasteiger partial charge in [0, 0.05) is 58.5 Å². The number of carbonyl (C=O) groups excluding carboxylic acids is 4. The molecule has 0 amide bonds. The van der Waals surface area contributed by atoms with E-state index in [-0.39, 0.29) is 82.6 Å². The smallest absolute Gasteiger partial charge is 0.307 e. The van der Waals surface area contributed by atoms with Gasteiger partial charge in [-0.1, -0.05) is 12.8 Å². The molecule has 0 fully saturated rings. The standard InChI is InChI=1S/C40H61N3O9/c1-5-9-33-49-37(45)19-28-42(29-20-38(46)50-34-10-6-2)26-17-24-41(23-15-13-14-16-32-44)25-18-27-43(30-21-39(47)51-35-11-7-3)31-22-40(48)52-36-12-8-4/h1-4,44H,9-36H2. The first-order chi connectivity index (χ1) is 25.3. The molecule has 0 heterocycles. The summed E-state index contributed by atoms with van der Waals surface area (Å²) in [7, 11) is 0. The maximum Gasteiger partial charge on any atom is 0.307 e. The molecule has 0 bridgehead atoms. The van der Waals surface area contributed by atoms with E-state index in [0.29, 0.717) is 65.0 Å². The van der Waals surface area contributed by atoms with Gasteiger partial charge in [-0.2, -0.15) is 0 Å². The molecule has 0 unspecified atom stereocenters. The number of unbranched alkanes of at least 4 members (excludes halogenated alkanes) is 3. The van der Waals surface area contributed by atoms with Crippen molar-refractivity contribution >= 4 is 23.9 Å². The predicted molar refractivity (Wildman–Crippen MR) is 200 cm³/mol. The first kappa shape index (κ1) is 48.0. The summed E-state index contributed by atoms with van der Waals surface area (Å²) in [6.07, 6.45) is 28.4. The van der Waals surface area contributed by atoms with Crippen LogP contribution in [-0.2, 0) is 38.1 Å². The molecule has 0 aromatic heterocycles. The van der Waals surface area contributed by atoms with E-state index < -0.39 is 0 Å². The van der Waals surface area contributed by atoms with Gasteiger partial charge in [-0.05, 0) is 58.4 Å². The molecular formula is C40H61N3O9. The lowest BCUT2D eigenvalue weighted by molar-refractivity contribution is -0.145. The van der Waals surface area contributed by atoms with Crippen molar-refractivity contribution in [2.24, 2.45) is 0 Å². The normalized spacial score (nSPS) is 10.6. The number of hydrogen-bond acceptors (Lipinski definition) is 12. The van der Waals surface area contributed by atoms with Crippen LogP contribution in [0.4, 0.5) is 0 Å². The monoisotopic (exact) mass is 727 g/mol. The van der Waals surface area contributed by atoms with E-state index >= 15 is 0 Å². The first-order valence-electron chi connectivity index (χ1n) is 18.4. The third kappa shape index (κ3) is 30.8. The minimum Gasteiger partial charge on any atom is -0.465 e. The Balaban J connectivity index is 5.34. The average Bonchev–Trinajstić information content (AvgIpc) is 3.13. The number of hydrogen-bond donors (Lipinski definition) is 1. The van der Waals surface area contributed by atoms with E-state index in [4.69, 9.17) is 44.6 Å². The van der Waals surface area contributed by atoms with E-state index in [2.05, 4.69) is 38.4 Å². The summed E-state index contributed by atoms with van der Waals surface area (Å²) in [4.78, 5) is 55.5. The highest BCUT2D eigenvalue weighted by Gasteiger charge is 2.16. The van der Waals surface area contributed by atoms with Crippen LogP contribution in [0.1, 0.15) is 89.9 Å². The highest BCUT2D eigenvalue weighted by molar-refractivity contribution is 5.71. The molecule has 1 N–H and O–H groups in total. The number of terminal acetylenes is 4. The molecule has 0 aromatic rings. The van der Waals surface area contributed by atoms with Crippen LogP contribution in [0.3, 0.4) is 0 Å². The lowest BCUT2D eigenvalue weighted by atomic mass is 10.2. The van der Waals surface area contributed by atoms with Crippen LogP contribution in [-0.4, -0.2) is 136 Å². The number of nitrogens with zero attached hydrogens (tertiary/aromatic N) is 3. The molecule has 0 aliphatic carbocycles. The molecule has 0 rings (SSSR count). The molecule has 0 aliphatic heterocycles. The Bertz CT molecular complexity index is 995. The lowest BCUT2D eigenvalue weighted by Crippen LogP contribution is -2.36. The zero-order valence-corrected chi connectivity index (χ0v) is 31.2. The minimum atomic E-state index is -0.340. The van der Waals surface area contributed by atoms with E-state index in [1.807, 2.05) is 0 Å². The van der Waals surface area contributed by atoms with Gasteiger partial charge in [-0.15, -0.1) is 49.4 Å². The number of carbonyl (C=O) groups is 4. The fraction of sp³-hybridized carbons (Fsp3) is 0.700. The Kier molecular flexibility index (Phi) is 32.6. The number of aliphatic hydroxyl groups excluding tert-OH is 1. The fourth-order valence-electron chi connectivity index (χ4n) is 5.02. The van der Waals surface area contributed by atoms with Gasteiger partial charge in [0.1, 0.15) is 26.4 Å². The Labute approximate surface area is 312 Å². The number of rotatable bonds is 34. The third-order valence-corrected chi connectivity index (χ3v) is 7.85. The molecule has 0 saturated heterocycles. The van der Waals surface area contributed by atoms with Crippen molar-refractivity contribution in [3.63, 3.8) is 0 Å². The molecular weight excluding hydrogens is 666 g/mol. The van der Waals surface area contributed by atoms with Crippen molar-refractivity contribution in [3.8, 4) is 49.4 Å². The summed E-state index contributed by atoms with van der Waals surface area (Å²) < 4.78 is 20.8. The summed E-state index contributed by atoms with van der Waals surface area (Å²) in [6, 6.07) is 0. The Hall–Kier alpha value is -4.04. The molecule has 0 aliphatic rings. The summed E-state index contributed by atoms with van der Waals surface area (Å²) in [5, 5.41) is 9.17. The molecule has 0 aromatic carbocycles. The van der Waals surface area contributed by atoms with Gasteiger partial charge in [0.05, 0.1) is 25.7 Å². The zero-order valence-electron chi connectivity index (χ0n) is 31.2. The molecule has 52 heavy (non-hydrogen) atoms. The van der Waals surface area contributed by atoms with Crippen LogP contribution in [0.2, 0.25) is 0 Å². The molecule has 290 valence electrons. The van der Waals surface area contributed by atoms with E-state index in [9.17, 15) is 24.3 Å². The number of ether oxygens (including phenoxy) is 4.